The van der Waals surface area contributed by atoms with E-state index >= 15 is 0 Å². The van der Waals surface area contributed by atoms with Gasteiger partial charge in [-0.2, -0.15) is 5.26 Å². The molecule has 1 rings (SSSR count). The Morgan fingerprint density at radius 2 is 1.91 bits per heavy atom. The van der Waals surface area contributed by atoms with E-state index in [1.807, 2.05) is 30.3 Å². The smallest absolute Gasteiger partial charge is 0.348 e. The number of hydrogen-bond acceptors (Lipinski definition) is 4. The SMILES string of the molecule is CCCCCCOc1ccc(/C=C(/C#N)C(=O)OCC)cc1. The minimum Gasteiger partial charge on any atom is -0.494 e. The van der Waals surface area contributed by atoms with Gasteiger partial charge in [0.2, 0.25) is 0 Å². The lowest BCUT2D eigenvalue weighted by atomic mass is 10.1. The number of carbonyl (C=O) groups is 1. The van der Waals surface area contributed by atoms with E-state index in [0.29, 0.717) is 6.61 Å². The highest BCUT2D eigenvalue weighted by molar-refractivity contribution is 5.97. The Morgan fingerprint density at radius 3 is 2.50 bits per heavy atom. The fraction of sp³-hybridized carbons (Fsp3) is 0.444. The van der Waals surface area contributed by atoms with Crippen molar-refractivity contribution in [2.45, 2.75) is 39.5 Å². The lowest BCUT2D eigenvalue weighted by molar-refractivity contribution is -0.137. The number of unbranched alkanes of at least 4 members (excludes halogenated alkanes) is 3. The topological polar surface area (TPSA) is 59.3 Å². The van der Waals surface area contributed by atoms with Gasteiger partial charge in [0.1, 0.15) is 17.4 Å². The van der Waals surface area contributed by atoms with Crippen molar-refractivity contribution in [3.05, 3.63) is 35.4 Å². The lowest BCUT2D eigenvalue weighted by Crippen LogP contribution is -2.05. The molecule has 0 unspecified atom stereocenters. The predicted molar refractivity (Wildman–Crippen MR) is 86.3 cm³/mol. The number of benzene rings is 1. The van der Waals surface area contributed by atoms with Crippen LogP contribution >= 0.6 is 0 Å². The molecular weight excluding hydrogens is 278 g/mol. The first-order valence-electron chi connectivity index (χ1n) is 7.73. The lowest BCUT2D eigenvalue weighted by Gasteiger charge is -2.06. The zero-order valence-corrected chi connectivity index (χ0v) is 13.3. The summed E-state index contributed by atoms with van der Waals surface area (Å²) in [6.45, 7) is 4.85. The van der Waals surface area contributed by atoms with Crippen LogP contribution in [-0.2, 0) is 9.53 Å². The number of rotatable bonds is 9. The minimum atomic E-state index is -0.596. The van der Waals surface area contributed by atoms with E-state index in [9.17, 15) is 4.79 Å². The maximum absolute atomic E-state index is 11.5. The van der Waals surface area contributed by atoms with E-state index < -0.39 is 5.97 Å². The fourth-order valence-corrected chi connectivity index (χ4v) is 1.89. The molecule has 0 fully saturated rings. The minimum absolute atomic E-state index is 0.00455. The number of ether oxygens (including phenoxy) is 2. The molecule has 0 aliphatic rings. The van der Waals surface area contributed by atoms with Crippen LogP contribution in [0.15, 0.2) is 29.8 Å². The fourth-order valence-electron chi connectivity index (χ4n) is 1.89. The standard InChI is InChI=1S/C18H23NO3/c1-3-5-6-7-12-22-17-10-8-15(9-11-17)13-16(14-19)18(20)21-4-2/h8-11,13H,3-7,12H2,1-2H3/b16-13-. The van der Waals surface area contributed by atoms with Gasteiger partial charge in [0.05, 0.1) is 13.2 Å². The maximum Gasteiger partial charge on any atom is 0.348 e. The molecule has 4 heteroatoms. The van der Waals surface area contributed by atoms with Gasteiger partial charge in [-0.3, -0.25) is 0 Å². The van der Waals surface area contributed by atoms with Gasteiger partial charge >= 0.3 is 5.97 Å². The van der Waals surface area contributed by atoms with E-state index in [0.717, 1.165) is 17.7 Å². The van der Waals surface area contributed by atoms with Crippen LogP contribution in [0, 0.1) is 11.3 Å². The Bertz CT molecular complexity index is 526. The summed E-state index contributed by atoms with van der Waals surface area (Å²) in [4.78, 5) is 11.5. The Morgan fingerprint density at radius 1 is 1.18 bits per heavy atom. The molecule has 0 spiro atoms. The molecular formula is C18H23NO3. The van der Waals surface area contributed by atoms with E-state index in [4.69, 9.17) is 14.7 Å². The first kappa shape index (κ1) is 17.8. The van der Waals surface area contributed by atoms with Gasteiger partial charge < -0.3 is 9.47 Å². The van der Waals surface area contributed by atoms with Crippen molar-refractivity contribution in [1.29, 1.82) is 5.26 Å². The van der Waals surface area contributed by atoms with Crippen molar-refractivity contribution >= 4 is 12.0 Å². The quantitative estimate of drug-likeness (QED) is 0.298. The summed E-state index contributed by atoms with van der Waals surface area (Å²) >= 11 is 0. The number of nitriles is 1. The molecule has 0 saturated carbocycles. The monoisotopic (exact) mass is 301 g/mol. The van der Waals surface area contributed by atoms with Crippen LogP contribution < -0.4 is 4.74 Å². The maximum atomic E-state index is 11.5. The molecule has 118 valence electrons. The zero-order chi connectivity index (χ0) is 16.2. The van der Waals surface area contributed by atoms with Crippen LogP contribution in [0.25, 0.3) is 6.08 Å². The normalized spacial score (nSPS) is 10.9. The molecule has 1 aromatic carbocycles. The van der Waals surface area contributed by atoms with Crippen molar-refractivity contribution < 1.29 is 14.3 Å². The zero-order valence-electron chi connectivity index (χ0n) is 13.3. The molecule has 0 radical (unpaired) electrons. The molecule has 22 heavy (non-hydrogen) atoms. The molecule has 0 bridgehead atoms. The first-order valence-corrected chi connectivity index (χ1v) is 7.73. The molecule has 0 amide bonds. The van der Waals surface area contributed by atoms with Gasteiger partial charge in [-0.25, -0.2) is 4.79 Å². The third kappa shape index (κ3) is 6.45. The summed E-state index contributed by atoms with van der Waals surface area (Å²) in [6, 6.07) is 9.17. The van der Waals surface area contributed by atoms with Crippen molar-refractivity contribution in [3.8, 4) is 11.8 Å². The highest BCUT2D eigenvalue weighted by atomic mass is 16.5. The highest BCUT2D eigenvalue weighted by Crippen LogP contribution is 2.15. The first-order chi connectivity index (χ1) is 10.7. The van der Waals surface area contributed by atoms with Gasteiger partial charge in [-0.05, 0) is 37.1 Å². The number of hydrogen-bond donors (Lipinski definition) is 0. The average molecular weight is 301 g/mol. The summed E-state index contributed by atoms with van der Waals surface area (Å²) in [5.74, 6) is 0.199. The van der Waals surface area contributed by atoms with E-state index in [-0.39, 0.29) is 12.2 Å². The Hall–Kier alpha value is -2.28. The average Bonchev–Trinajstić information content (AvgIpc) is 2.54. The number of nitrogens with zero attached hydrogens (tertiary/aromatic N) is 1. The van der Waals surface area contributed by atoms with Crippen LogP contribution in [0.2, 0.25) is 0 Å². The van der Waals surface area contributed by atoms with Gasteiger partial charge in [0.25, 0.3) is 0 Å². The van der Waals surface area contributed by atoms with Gasteiger partial charge in [0, 0.05) is 0 Å². The second-order valence-corrected chi connectivity index (χ2v) is 4.87. The summed E-state index contributed by atoms with van der Waals surface area (Å²) in [6.07, 6.45) is 6.20. The van der Waals surface area contributed by atoms with Crippen LogP contribution in [-0.4, -0.2) is 19.2 Å². The van der Waals surface area contributed by atoms with Gasteiger partial charge in [-0.15, -0.1) is 0 Å². The van der Waals surface area contributed by atoms with E-state index in [1.54, 1.807) is 6.92 Å². The van der Waals surface area contributed by atoms with Gasteiger partial charge in [0.15, 0.2) is 0 Å². The molecule has 0 atom stereocenters. The molecule has 0 saturated heterocycles. The third-order valence-corrected chi connectivity index (χ3v) is 3.07. The van der Waals surface area contributed by atoms with Crippen LogP contribution in [0.5, 0.6) is 5.75 Å². The molecule has 0 N–H and O–H groups in total. The van der Waals surface area contributed by atoms with Crippen molar-refractivity contribution in [2.24, 2.45) is 0 Å². The predicted octanol–water partition coefficient (Wildman–Crippen LogP) is 4.12. The Kier molecular flexibility index (Phi) is 8.44. The molecule has 0 aliphatic carbocycles. The second kappa shape index (κ2) is 10.4. The molecule has 0 aliphatic heterocycles. The highest BCUT2D eigenvalue weighted by Gasteiger charge is 2.09. The van der Waals surface area contributed by atoms with E-state index in [1.165, 1.54) is 25.3 Å². The van der Waals surface area contributed by atoms with E-state index in [2.05, 4.69) is 6.92 Å². The van der Waals surface area contributed by atoms with Crippen molar-refractivity contribution in [2.75, 3.05) is 13.2 Å². The summed E-state index contributed by atoms with van der Waals surface area (Å²) in [5, 5.41) is 8.98. The Labute approximate surface area is 132 Å². The molecule has 1 aromatic rings. The molecule has 4 nitrogen and oxygen atoms in total. The number of carbonyl (C=O) groups excluding carboxylic acids is 1. The number of esters is 1. The third-order valence-electron chi connectivity index (χ3n) is 3.07. The largest absolute Gasteiger partial charge is 0.494 e. The second-order valence-electron chi connectivity index (χ2n) is 4.87. The molecule has 0 aromatic heterocycles. The van der Waals surface area contributed by atoms with Crippen molar-refractivity contribution in [3.63, 3.8) is 0 Å². The van der Waals surface area contributed by atoms with Gasteiger partial charge in [-0.1, -0.05) is 38.3 Å². The summed E-state index contributed by atoms with van der Waals surface area (Å²) in [7, 11) is 0. The van der Waals surface area contributed by atoms with Crippen LogP contribution in [0.4, 0.5) is 0 Å². The Balaban J connectivity index is 2.57. The van der Waals surface area contributed by atoms with Crippen LogP contribution in [0.3, 0.4) is 0 Å². The summed E-state index contributed by atoms with van der Waals surface area (Å²) in [5.41, 5.74) is 0.762. The molecule has 0 heterocycles. The summed E-state index contributed by atoms with van der Waals surface area (Å²) < 4.78 is 10.5. The van der Waals surface area contributed by atoms with Crippen LogP contribution in [0.1, 0.15) is 45.1 Å². The van der Waals surface area contributed by atoms with Crippen molar-refractivity contribution in [1.82, 2.24) is 0 Å².